The number of esters is 1. The van der Waals surface area contributed by atoms with E-state index in [9.17, 15) is 9.18 Å². The number of rotatable bonds is 4. The number of benzene rings is 2. The molecule has 0 saturated heterocycles. The third-order valence-electron chi connectivity index (χ3n) is 2.97. The average molecular weight is 288 g/mol. The molecule has 2 aromatic carbocycles. The zero-order valence-corrected chi connectivity index (χ0v) is 11.9. The topological polar surface area (TPSA) is 64.3 Å². The van der Waals surface area contributed by atoms with Crippen LogP contribution >= 0.6 is 0 Å². The van der Waals surface area contributed by atoms with E-state index in [2.05, 4.69) is 5.32 Å². The number of nitrogen functional groups attached to an aromatic ring is 1. The lowest BCUT2D eigenvalue weighted by atomic mass is 10.1. The van der Waals surface area contributed by atoms with Crippen molar-refractivity contribution in [2.75, 3.05) is 17.7 Å². The first-order chi connectivity index (χ1) is 10.0. The van der Waals surface area contributed by atoms with E-state index in [4.69, 9.17) is 10.5 Å². The molecule has 21 heavy (non-hydrogen) atoms. The third kappa shape index (κ3) is 3.31. The van der Waals surface area contributed by atoms with Crippen molar-refractivity contribution in [2.24, 2.45) is 0 Å². The molecule has 3 N–H and O–H groups in total. The van der Waals surface area contributed by atoms with Gasteiger partial charge in [-0.1, -0.05) is 12.1 Å². The van der Waals surface area contributed by atoms with Gasteiger partial charge < -0.3 is 15.8 Å². The van der Waals surface area contributed by atoms with Crippen LogP contribution in [0.1, 0.15) is 22.8 Å². The highest BCUT2D eigenvalue weighted by Gasteiger charge is 2.16. The van der Waals surface area contributed by atoms with Crippen LogP contribution in [0.3, 0.4) is 0 Å². The molecule has 2 rings (SSSR count). The first-order valence-corrected chi connectivity index (χ1v) is 6.61. The van der Waals surface area contributed by atoms with Gasteiger partial charge in [0.15, 0.2) is 0 Å². The molecule has 0 spiro atoms. The first kappa shape index (κ1) is 14.8. The van der Waals surface area contributed by atoms with Crippen LogP contribution in [0.2, 0.25) is 0 Å². The van der Waals surface area contributed by atoms with Gasteiger partial charge in [0.25, 0.3) is 0 Å². The van der Waals surface area contributed by atoms with Gasteiger partial charge in [-0.3, -0.25) is 0 Å². The second-order valence-electron chi connectivity index (χ2n) is 4.60. The Morgan fingerprint density at radius 2 is 2.10 bits per heavy atom. The molecule has 0 saturated carbocycles. The van der Waals surface area contributed by atoms with Crippen molar-refractivity contribution in [1.82, 2.24) is 0 Å². The van der Waals surface area contributed by atoms with Crippen LogP contribution in [-0.2, 0) is 4.74 Å². The lowest BCUT2D eigenvalue weighted by Gasteiger charge is -2.14. The Bertz CT molecular complexity index is 671. The number of carbonyl (C=O) groups is 1. The fourth-order valence-corrected chi connectivity index (χ4v) is 1.96. The van der Waals surface area contributed by atoms with Gasteiger partial charge in [-0.15, -0.1) is 0 Å². The van der Waals surface area contributed by atoms with E-state index < -0.39 is 11.8 Å². The zero-order valence-electron chi connectivity index (χ0n) is 11.9. The Kier molecular flexibility index (Phi) is 4.42. The van der Waals surface area contributed by atoms with Crippen molar-refractivity contribution in [1.29, 1.82) is 0 Å². The quantitative estimate of drug-likeness (QED) is 0.666. The van der Waals surface area contributed by atoms with Crippen LogP contribution in [0, 0.1) is 12.7 Å². The molecule has 0 atom stereocenters. The Morgan fingerprint density at radius 1 is 1.33 bits per heavy atom. The maximum absolute atomic E-state index is 13.8. The summed E-state index contributed by atoms with van der Waals surface area (Å²) in [6, 6.07) is 9.56. The average Bonchev–Trinajstić information content (AvgIpc) is 2.45. The third-order valence-corrected chi connectivity index (χ3v) is 2.97. The Morgan fingerprint density at radius 3 is 2.81 bits per heavy atom. The van der Waals surface area contributed by atoms with Crippen LogP contribution in [0.15, 0.2) is 36.4 Å². The summed E-state index contributed by atoms with van der Waals surface area (Å²) in [6.07, 6.45) is 0. The maximum atomic E-state index is 13.8. The summed E-state index contributed by atoms with van der Waals surface area (Å²) in [6.45, 7) is 3.83. The first-order valence-electron chi connectivity index (χ1n) is 6.61. The van der Waals surface area contributed by atoms with E-state index in [1.807, 2.05) is 6.92 Å². The predicted octanol–water partition coefficient (Wildman–Crippen LogP) is 3.64. The van der Waals surface area contributed by atoms with Gasteiger partial charge in [0.05, 0.1) is 29.2 Å². The summed E-state index contributed by atoms with van der Waals surface area (Å²) in [5, 5.41) is 2.89. The Hall–Kier alpha value is -2.56. The number of anilines is 3. The van der Waals surface area contributed by atoms with E-state index in [1.54, 1.807) is 37.3 Å². The highest BCUT2D eigenvalue weighted by molar-refractivity contribution is 5.99. The smallest absolute Gasteiger partial charge is 0.340 e. The Labute approximate surface area is 122 Å². The van der Waals surface area contributed by atoms with E-state index >= 15 is 0 Å². The summed E-state index contributed by atoms with van der Waals surface area (Å²) in [5.74, 6) is -0.918. The van der Waals surface area contributed by atoms with Crippen molar-refractivity contribution in [3.05, 3.63) is 53.3 Å². The highest BCUT2D eigenvalue weighted by atomic mass is 19.1. The molecule has 0 amide bonds. The maximum Gasteiger partial charge on any atom is 0.340 e. The minimum absolute atomic E-state index is 0.256. The minimum atomic E-state index is -0.500. The molecule has 0 aliphatic heterocycles. The Balaban J connectivity index is 2.43. The van der Waals surface area contributed by atoms with Crippen LogP contribution in [0.5, 0.6) is 0 Å². The summed E-state index contributed by atoms with van der Waals surface area (Å²) in [4.78, 5) is 11.9. The number of halogens is 1. The number of hydrogen-bond donors (Lipinski definition) is 2. The second kappa shape index (κ2) is 6.26. The lowest BCUT2D eigenvalue weighted by Crippen LogP contribution is -2.10. The van der Waals surface area contributed by atoms with E-state index in [1.165, 1.54) is 6.07 Å². The molecule has 110 valence electrons. The van der Waals surface area contributed by atoms with Gasteiger partial charge >= 0.3 is 5.97 Å². The number of ether oxygens (including phenoxy) is 1. The molecule has 0 unspecified atom stereocenters. The molecule has 0 heterocycles. The number of carbonyl (C=O) groups excluding carboxylic acids is 1. The predicted molar refractivity (Wildman–Crippen MR) is 81.2 cm³/mol. The molecular weight excluding hydrogens is 271 g/mol. The summed E-state index contributed by atoms with van der Waals surface area (Å²) >= 11 is 0. The summed E-state index contributed by atoms with van der Waals surface area (Å²) in [7, 11) is 0. The van der Waals surface area contributed by atoms with Crippen LogP contribution in [-0.4, -0.2) is 12.6 Å². The van der Waals surface area contributed by atoms with Gasteiger partial charge in [0.1, 0.15) is 5.82 Å². The van der Waals surface area contributed by atoms with Crippen molar-refractivity contribution in [2.45, 2.75) is 13.8 Å². The molecule has 0 fully saturated rings. The molecule has 0 aliphatic rings. The van der Waals surface area contributed by atoms with Gasteiger partial charge in [-0.05, 0) is 43.7 Å². The van der Waals surface area contributed by atoms with Gasteiger partial charge in [-0.2, -0.15) is 0 Å². The molecule has 4 nitrogen and oxygen atoms in total. The van der Waals surface area contributed by atoms with Crippen molar-refractivity contribution < 1.29 is 13.9 Å². The minimum Gasteiger partial charge on any atom is -0.462 e. The van der Waals surface area contributed by atoms with Gasteiger partial charge in [-0.25, -0.2) is 9.18 Å². The molecule has 0 radical (unpaired) electrons. The zero-order chi connectivity index (χ0) is 15.4. The molecule has 0 aliphatic carbocycles. The number of para-hydroxylation sites is 1. The summed E-state index contributed by atoms with van der Waals surface area (Å²) in [5.41, 5.74) is 8.03. The normalized spacial score (nSPS) is 10.2. The van der Waals surface area contributed by atoms with Crippen LogP contribution in [0.25, 0.3) is 0 Å². The van der Waals surface area contributed by atoms with E-state index in [-0.39, 0.29) is 17.9 Å². The fourth-order valence-electron chi connectivity index (χ4n) is 1.96. The van der Waals surface area contributed by atoms with E-state index in [0.717, 1.165) is 5.56 Å². The van der Waals surface area contributed by atoms with Crippen molar-refractivity contribution >= 4 is 23.0 Å². The fraction of sp³-hybridized carbons (Fsp3) is 0.188. The molecule has 0 aromatic heterocycles. The second-order valence-corrected chi connectivity index (χ2v) is 4.60. The van der Waals surface area contributed by atoms with Crippen molar-refractivity contribution in [3.63, 3.8) is 0 Å². The van der Waals surface area contributed by atoms with E-state index in [0.29, 0.717) is 11.4 Å². The largest absolute Gasteiger partial charge is 0.462 e. The highest BCUT2D eigenvalue weighted by Crippen LogP contribution is 2.29. The number of aryl methyl sites for hydroxylation is 1. The monoisotopic (exact) mass is 288 g/mol. The standard InChI is InChI=1S/C16H17FN2O2/c1-3-21-16(20)11-5-4-6-13(18)15(11)19-14-9-10(2)7-8-12(14)17/h4-9,19H,3,18H2,1-2H3. The number of hydrogen-bond acceptors (Lipinski definition) is 4. The number of nitrogens with two attached hydrogens (primary N) is 1. The lowest BCUT2D eigenvalue weighted by molar-refractivity contribution is 0.0527. The van der Waals surface area contributed by atoms with Crippen LogP contribution in [0.4, 0.5) is 21.5 Å². The van der Waals surface area contributed by atoms with Crippen LogP contribution < -0.4 is 11.1 Å². The molecule has 0 bridgehead atoms. The SMILES string of the molecule is CCOC(=O)c1cccc(N)c1Nc1cc(C)ccc1F. The number of nitrogens with one attached hydrogen (secondary N) is 1. The van der Waals surface area contributed by atoms with Gasteiger partial charge in [0.2, 0.25) is 0 Å². The molecule has 5 heteroatoms. The molecular formula is C16H17FN2O2. The van der Waals surface area contributed by atoms with Gasteiger partial charge in [0, 0.05) is 0 Å². The van der Waals surface area contributed by atoms with Crippen molar-refractivity contribution in [3.8, 4) is 0 Å². The molecule has 2 aromatic rings. The summed E-state index contributed by atoms with van der Waals surface area (Å²) < 4.78 is 18.8.